The van der Waals surface area contributed by atoms with E-state index < -0.39 is 17.5 Å². The summed E-state index contributed by atoms with van der Waals surface area (Å²) < 4.78 is 18.9. The molecule has 0 aliphatic rings. The van der Waals surface area contributed by atoms with Crippen molar-refractivity contribution >= 4 is 17.5 Å². The fourth-order valence-electron chi connectivity index (χ4n) is 2.44. The first-order valence-corrected chi connectivity index (χ1v) is 8.19. The maximum Gasteiger partial charge on any atom is 0.437 e. The molecular formula is C18H15ClFN3O3. The third kappa shape index (κ3) is 4.00. The molecule has 1 atom stereocenters. The van der Waals surface area contributed by atoms with Gasteiger partial charge in [-0.3, -0.25) is 4.79 Å². The second kappa shape index (κ2) is 7.53. The second-order valence-corrected chi connectivity index (χ2v) is 6.06. The maximum absolute atomic E-state index is 13.0. The summed E-state index contributed by atoms with van der Waals surface area (Å²) in [6.07, 6.45) is 0. The van der Waals surface area contributed by atoms with Crippen LogP contribution in [0.4, 0.5) is 4.39 Å². The van der Waals surface area contributed by atoms with Gasteiger partial charge in [-0.05, 0) is 42.8 Å². The van der Waals surface area contributed by atoms with Crippen molar-refractivity contribution in [1.82, 2.24) is 15.1 Å². The largest absolute Gasteiger partial charge is 0.437 e. The molecule has 1 N–H and O–H groups in total. The lowest BCUT2D eigenvalue weighted by atomic mass is 10.1. The fraction of sp³-hybridized carbons (Fsp3) is 0.167. The van der Waals surface area contributed by atoms with E-state index in [9.17, 15) is 14.0 Å². The van der Waals surface area contributed by atoms with E-state index in [-0.39, 0.29) is 18.5 Å². The Bertz CT molecular complexity index is 982. The number of amides is 1. The maximum atomic E-state index is 13.0. The van der Waals surface area contributed by atoms with Crippen molar-refractivity contribution in [3.8, 4) is 11.5 Å². The lowest BCUT2D eigenvalue weighted by molar-refractivity contribution is -0.122. The normalized spacial score (nSPS) is 12.0. The number of benzene rings is 2. The molecule has 0 fully saturated rings. The first-order chi connectivity index (χ1) is 12.4. The van der Waals surface area contributed by atoms with E-state index in [2.05, 4.69) is 10.4 Å². The lowest BCUT2D eigenvalue weighted by Crippen LogP contribution is -2.33. The highest BCUT2D eigenvalue weighted by Gasteiger charge is 2.16. The third-order valence-electron chi connectivity index (χ3n) is 3.74. The Morgan fingerprint density at radius 2 is 1.96 bits per heavy atom. The number of rotatable bonds is 5. The van der Waals surface area contributed by atoms with Crippen LogP contribution in [0.25, 0.3) is 11.5 Å². The first kappa shape index (κ1) is 17.9. The van der Waals surface area contributed by atoms with Crippen LogP contribution >= 0.6 is 11.6 Å². The topological polar surface area (TPSA) is 77.1 Å². The van der Waals surface area contributed by atoms with Crippen LogP contribution < -0.4 is 11.1 Å². The zero-order chi connectivity index (χ0) is 18.7. The molecule has 6 nitrogen and oxygen atoms in total. The fourth-order valence-corrected chi connectivity index (χ4v) is 2.74. The van der Waals surface area contributed by atoms with Crippen molar-refractivity contribution in [2.24, 2.45) is 0 Å². The number of aromatic nitrogens is 2. The first-order valence-electron chi connectivity index (χ1n) is 7.81. The molecule has 0 saturated heterocycles. The Balaban J connectivity index is 1.71. The molecule has 0 spiro atoms. The van der Waals surface area contributed by atoms with Crippen molar-refractivity contribution in [1.29, 1.82) is 0 Å². The van der Waals surface area contributed by atoms with Crippen LogP contribution in [0.15, 0.2) is 57.7 Å². The molecule has 1 amide bonds. The molecule has 0 saturated carbocycles. The standard InChI is InChI=1S/C18H15ClFN3O3/c1-11(14-4-2-3-5-15(14)19)21-16(24)10-23-18(25)26-17(22-23)12-6-8-13(20)9-7-12/h2-9,11H,10H2,1H3,(H,21,24). The Kier molecular flexibility index (Phi) is 5.18. The Hall–Kier alpha value is -2.93. The number of hydrogen-bond acceptors (Lipinski definition) is 4. The predicted octanol–water partition coefficient (Wildman–Crippen LogP) is 3.17. The number of halogens is 2. The minimum absolute atomic E-state index is 0.0157. The van der Waals surface area contributed by atoms with E-state index in [0.29, 0.717) is 10.6 Å². The van der Waals surface area contributed by atoms with E-state index in [0.717, 1.165) is 10.2 Å². The van der Waals surface area contributed by atoms with Crippen LogP contribution in [0.5, 0.6) is 0 Å². The number of nitrogens with zero attached hydrogens (tertiary/aromatic N) is 2. The third-order valence-corrected chi connectivity index (χ3v) is 4.08. The van der Waals surface area contributed by atoms with E-state index in [1.165, 1.54) is 24.3 Å². The van der Waals surface area contributed by atoms with Crippen LogP contribution in [0.3, 0.4) is 0 Å². The summed E-state index contributed by atoms with van der Waals surface area (Å²) in [7, 11) is 0. The smallest absolute Gasteiger partial charge is 0.388 e. The van der Waals surface area contributed by atoms with Gasteiger partial charge in [0.1, 0.15) is 12.4 Å². The van der Waals surface area contributed by atoms with Crippen LogP contribution in [0.2, 0.25) is 5.02 Å². The van der Waals surface area contributed by atoms with Gasteiger partial charge < -0.3 is 9.73 Å². The summed E-state index contributed by atoms with van der Waals surface area (Å²) in [5, 5.41) is 7.27. The van der Waals surface area contributed by atoms with Gasteiger partial charge in [0.2, 0.25) is 11.8 Å². The van der Waals surface area contributed by atoms with Gasteiger partial charge in [-0.25, -0.2) is 9.18 Å². The zero-order valence-electron chi connectivity index (χ0n) is 13.8. The quantitative estimate of drug-likeness (QED) is 0.743. The van der Waals surface area contributed by atoms with Crippen LogP contribution in [0, 0.1) is 5.82 Å². The van der Waals surface area contributed by atoms with Gasteiger partial charge in [0.25, 0.3) is 0 Å². The highest BCUT2D eigenvalue weighted by molar-refractivity contribution is 6.31. The van der Waals surface area contributed by atoms with Gasteiger partial charge >= 0.3 is 5.76 Å². The van der Waals surface area contributed by atoms with E-state index in [4.69, 9.17) is 16.0 Å². The minimum Gasteiger partial charge on any atom is -0.388 e. The molecule has 8 heteroatoms. The number of hydrogen-bond donors (Lipinski definition) is 1. The van der Waals surface area contributed by atoms with Gasteiger partial charge in [0.05, 0.1) is 6.04 Å². The average Bonchev–Trinajstić information content (AvgIpc) is 2.96. The molecule has 26 heavy (non-hydrogen) atoms. The van der Waals surface area contributed by atoms with Gasteiger partial charge in [-0.15, -0.1) is 5.10 Å². The molecule has 1 aromatic heterocycles. The van der Waals surface area contributed by atoms with E-state index in [1.807, 2.05) is 12.1 Å². The second-order valence-electron chi connectivity index (χ2n) is 5.65. The van der Waals surface area contributed by atoms with Crippen molar-refractivity contribution in [3.05, 3.63) is 75.5 Å². The molecule has 0 radical (unpaired) electrons. The predicted molar refractivity (Wildman–Crippen MR) is 94.2 cm³/mol. The van der Waals surface area contributed by atoms with Crippen molar-refractivity contribution in [3.63, 3.8) is 0 Å². The monoisotopic (exact) mass is 375 g/mol. The molecule has 3 aromatic rings. The number of carbonyl (C=O) groups is 1. The molecule has 134 valence electrons. The molecule has 0 bridgehead atoms. The van der Waals surface area contributed by atoms with Crippen molar-refractivity contribution < 1.29 is 13.6 Å². The van der Waals surface area contributed by atoms with E-state index in [1.54, 1.807) is 19.1 Å². The Morgan fingerprint density at radius 3 is 2.65 bits per heavy atom. The SMILES string of the molecule is CC(NC(=O)Cn1nc(-c2ccc(F)cc2)oc1=O)c1ccccc1Cl. The molecule has 0 aliphatic carbocycles. The minimum atomic E-state index is -0.773. The molecule has 0 aliphatic heterocycles. The number of carbonyl (C=O) groups excluding carboxylic acids is 1. The van der Waals surface area contributed by atoms with E-state index >= 15 is 0 Å². The molecule has 2 aromatic carbocycles. The summed E-state index contributed by atoms with van der Waals surface area (Å²) in [6.45, 7) is 1.48. The van der Waals surface area contributed by atoms with Crippen molar-refractivity contribution in [2.45, 2.75) is 19.5 Å². The lowest BCUT2D eigenvalue weighted by Gasteiger charge is -2.15. The average molecular weight is 376 g/mol. The van der Waals surface area contributed by atoms with Crippen molar-refractivity contribution in [2.75, 3.05) is 0 Å². The molecule has 1 heterocycles. The van der Waals surface area contributed by atoms with Gasteiger partial charge in [0, 0.05) is 10.6 Å². The summed E-state index contributed by atoms with van der Waals surface area (Å²) in [5.41, 5.74) is 1.20. The molecular weight excluding hydrogens is 361 g/mol. The summed E-state index contributed by atoms with van der Waals surface area (Å²) in [6, 6.07) is 12.1. The van der Waals surface area contributed by atoms with Crippen LogP contribution in [0.1, 0.15) is 18.5 Å². The highest BCUT2D eigenvalue weighted by Crippen LogP contribution is 2.22. The Labute approximate surface area is 153 Å². The summed E-state index contributed by atoms with van der Waals surface area (Å²) >= 11 is 6.11. The summed E-state index contributed by atoms with van der Waals surface area (Å²) in [4.78, 5) is 24.1. The zero-order valence-corrected chi connectivity index (χ0v) is 14.5. The molecule has 3 rings (SSSR count). The number of nitrogens with one attached hydrogen (secondary N) is 1. The van der Waals surface area contributed by atoms with Gasteiger partial charge in [0.15, 0.2) is 0 Å². The summed E-state index contributed by atoms with van der Waals surface area (Å²) in [5.74, 6) is -1.59. The molecule has 1 unspecified atom stereocenters. The Morgan fingerprint density at radius 1 is 1.27 bits per heavy atom. The van der Waals surface area contributed by atoms with Crippen LogP contribution in [-0.2, 0) is 11.3 Å². The van der Waals surface area contributed by atoms with Gasteiger partial charge in [-0.1, -0.05) is 29.8 Å². The van der Waals surface area contributed by atoms with Gasteiger partial charge in [-0.2, -0.15) is 4.68 Å². The van der Waals surface area contributed by atoms with Crippen LogP contribution in [-0.4, -0.2) is 15.7 Å². The highest BCUT2D eigenvalue weighted by atomic mass is 35.5.